The number of benzene rings is 1. The number of rotatable bonds is 6. The number of hydrogen-bond acceptors (Lipinski definition) is 5. The quantitative estimate of drug-likeness (QED) is 0.765. The van der Waals surface area contributed by atoms with Gasteiger partial charge in [0.05, 0.1) is 0 Å². The minimum Gasteiger partial charge on any atom is -0.487 e. The Balaban J connectivity index is 1.60. The van der Waals surface area contributed by atoms with Crippen LogP contribution in [0.4, 0.5) is 8.78 Å². The van der Waals surface area contributed by atoms with Gasteiger partial charge in [-0.15, -0.1) is 5.10 Å². The smallest absolute Gasteiger partial charge is 0.282 e. The van der Waals surface area contributed by atoms with E-state index in [4.69, 9.17) is 16.3 Å². The zero-order valence-electron chi connectivity index (χ0n) is 16.7. The zero-order chi connectivity index (χ0) is 20.5. The number of alkyl halides is 2. The lowest BCUT2D eigenvalue weighted by molar-refractivity contribution is 0.137. The van der Waals surface area contributed by atoms with E-state index >= 15 is 0 Å². The molecule has 1 aromatic heterocycles. The summed E-state index contributed by atoms with van der Waals surface area (Å²) in [6, 6.07) is 4.29. The summed E-state index contributed by atoms with van der Waals surface area (Å²) < 4.78 is 33.7. The molecule has 0 spiro atoms. The second kappa shape index (κ2) is 8.53. The van der Waals surface area contributed by atoms with Gasteiger partial charge in [0.1, 0.15) is 23.7 Å². The van der Waals surface area contributed by atoms with Crippen molar-refractivity contribution in [2.45, 2.75) is 51.3 Å². The predicted octanol–water partition coefficient (Wildman–Crippen LogP) is 3.66. The van der Waals surface area contributed by atoms with Crippen LogP contribution in [0.3, 0.4) is 0 Å². The second-order valence-corrected chi connectivity index (χ2v) is 8.22. The Morgan fingerprint density at radius 2 is 2.21 bits per heavy atom. The van der Waals surface area contributed by atoms with E-state index < -0.39 is 6.43 Å². The van der Waals surface area contributed by atoms with E-state index in [0.29, 0.717) is 11.8 Å². The van der Waals surface area contributed by atoms with Gasteiger partial charge in [-0.1, -0.05) is 16.8 Å². The molecule has 0 radical (unpaired) electrons. The highest BCUT2D eigenvalue weighted by Gasteiger charge is 2.30. The van der Waals surface area contributed by atoms with Crippen molar-refractivity contribution in [1.29, 1.82) is 0 Å². The molecule has 1 unspecified atom stereocenters. The van der Waals surface area contributed by atoms with Gasteiger partial charge in [0, 0.05) is 36.3 Å². The van der Waals surface area contributed by atoms with Crippen molar-refractivity contribution >= 4 is 11.6 Å². The molecule has 2 aromatic rings. The summed E-state index contributed by atoms with van der Waals surface area (Å²) in [5.74, 6) is 0.666. The maximum Gasteiger partial charge on any atom is 0.282 e. The van der Waals surface area contributed by atoms with Crippen LogP contribution in [0.1, 0.15) is 54.7 Å². The SMILES string of the molecule is CC1CCCN1C[C@H]1NCCc2c(Cl)ccc(OCc3nnn(C)c3C(F)F)c21. The summed E-state index contributed by atoms with van der Waals surface area (Å²) in [5, 5.41) is 11.9. The number of nitrogens with one attached hydrogen (secondary N) is 1. The summed E-state index contributed by atoms with van der Waals surface area (Å²) in [6.45, 7) is 5.00. The molecule has 4 rings (SSSR count). The first-order valence-corrected chi connectivity index (χ1v) is 10.4. The van der Waals surface area contributed by atoms with Crippen LogP contribution in [0.2, 0.25) is 5.02 Å². The molecule has 0 bridgehead atoms. The molecular formula is C20H26ClF2N5O. The van der Waals surface area contributed by atoms with Crippen molar-refractivity contribution in [3.05, 3.63) is 39.7 Å². The Hall–Kier alpha value is -1.77. The normalized spacial score (nSPS) is 22.3. The van der Waals surface area contributed by atoms with Crippen LogP contribution in [0.5, 0.6) is 5.75 Å². The number of fused-ring (bicyclic) bond motifs is 1. The number of ether oxygens (including phenoxy) is 1. The summed E-state index contributed by atoms with van der Waals surface area (Å²) in [7, 11) is 1.46. The average molecular weight is 426 g/mol. The van der Waals surface area contributed by atoms with E-state index in [-0.39, 0.29) is 24.0 Å². The number of aromatic nitrogens is 3. The fourth-order valence-electron chi connectivity index (χ4n) is 4.43. The van der Waals surface area contributed by atoms with Crippen molar-refractivity contribution in [2.75, 3.05) is 19.6 Å². The molecule has 1 N–H and O–H groups in total. The zero-order valence-corrected chi connectivity index (χ0v) is 17.4. The molecular weight excluding hydrogens is 400 g/mol. The topological polar surface area (TPSA) is 55.2 Å². The highest BCUT2D eigenvalue weighted by Crippen LogP contribution is 2.38. The van der Waals surface area contributed by atoms with Gasteiger partial charge in [-0.05, 0) is 57.0 Å². The molecule has 0 saturated carbocycles. The van der Waals surface area contributed by atoms with Crippen molar-refractivity contribution in [3.63, 3.8) is 0 Å². The minimum atomic E-state index is -2.65. The predicted molar refractivity (Wildman–Crippen MR) is 106 cm³/mol. The third-order valence-electron chi connectivity index (χ3n) is 6.00. The van der Waals surface area contributed by atoms with Crippen molar-refractivity contribution in [2.24, 2.45) is 7.05 Å². The molecule has 1 fully saturated rings. The molecule has 158 valence electrons. The number of likely N-dealkylation sites (tertiary alicyclic amines) is 1. The Morgan fingerprint density at radius 1 is 1.38 bits per heavy atom. The second-order valence-electron chi connectivity index (χ2n) is 7.82. The molecule has 1 aromatic carbocycles. The molecule has 3 heterocycles. The van der Waals surface area contributed by atoms with Gasteiger partial charge >= 0.3 is 0 Å². The minimum absolute atomic E-state index is 0.0611. The van der Waals surface area contributed by atoms with Crippen LogP contribution >= 0.6 is 11.6 Å². The van der Waals surface area contributed by atoms with Gasteiger partial charge in [0.15, 0.2) is 0 Å². The molecule has 0 amide bonds. The van der Waals surface area contributed by atoms with E-state index in [0.717, 1.165) is 46.9 Å². The standard InChI is InChI=1S/C20H26ClF2N5O/c1-12-4-3-9-28(12)10-15-18-13(7-8-24-15)14(21)5-6-17(18)29-11-16-19(20(22)23)27(2)26-25-16/h5-6,12,15,20,24H,3-4,7-11H2,1-2H3/t12?,15-/m1/s1. The first-order valence-electron chi connectivity index (χ1n) is 10.0. The molecule has 9 heteroatoms. The highest BCUT2D eigenvalue weighted by atomic mass is 35.5. The van der Waals surface area contributed by atoms with E-state index in [1.165, 1.54) is 19.9 Å². The maximum absolute atomic E-state index is 13.3. The summed E-state index contributed by atoms with van der Waals surface area (Å²) >= 11 is 6.49. The van der Waals surface area contributed by atoms with E-state index in [1.54, 1.807) is 0 Å². The third kappa shape index (κ3) is 4.11. The fourth-order valence-corrected chi connectivity index (χ4v) is 4.69. The molecule has 1 saturated heterocycles. The van der Waals surface area contributed by atoms with Crippen molar-refractivity contribution in [3.8, 4) is 5.75 Å². The van der Waals surface area contributed by atoms with Crippen LogP contribution in [0, 0.1) is 0 Å². The average Bonchev–Trinajstić information content (AvgIpc) is 3.27. The van der Waals surface area contributed by atoms with Gasteiger partial charge in [-0.2, -0.15) is 0 Å². The third-order valence-corrected chi connectivity index (χ3v) is 6.35. The first kappa shape index (κ1) is 20.5. The lowest BCUT2D eigenvalue weighted by Gasteiger charge is -2.33. The number of halogens is 3. The molecule has 2 aliphatic rings. The number of nitrogens with zero attached hydrogens (tertiary/aromatic N) is 4. The van der Waals surface area contributed by atoms with Gasteiger partial charge in [-0.25, -0.2) is 13.5 Å². The molecule has 2 atom stereocenters. The molecule has 6 nitrogen and oxygen atoms in total. The number of hydrogen-bond donors (Lipinski definition) is 1. The van der Waals surface area contributed by atoms with Crippen LogP contribution in [0.15, 0.2) is 12.1 Å². The summed E-state index contributed by atoms with van der Waals surface area (Å²) in [4.78, 5) is 2.48. The number of aryl methyl sites for hydroxylation is 1. The van der Waals surface area contributed by atoms with Crippen LogP contribution in [-0.4, -0.2) is 45.6 Å². The molecule has 0 aliphatic carbocycles. The van der Waals surface area contributed by atoms with Crippen LogP contribution < -0.4 is 10.1 Å². The Kier molecular flexibility index (Phi) is 6.03. The van der Waals surface area contributed by atoms with Gasteiger partial charge < -0.3 is 10.1 Å². The van der Waals surface area contributed by atoms with Crippen molar-refractivity contribution in [1.82, 2.24) is 25.2 Å². The van der Waals surface area contributed by atoms with E-state index in [1.807, 2.05) is 12.1 Å². The molecule has 29 heavy (non-hydrogen) atoms. The largest absolute Gasteiger partial charge is 0.487 e. The lowest BCUT2D eigenvalue weighted by atomic mass is 9.92. The monoisotopic (exact) mass is 425 g/mol. The van der Waals surface area contributed by atoms with Crippen LogP contribution in [0.25, 0.3) is 0 Å². The molecule has 2 aliphatic heterocycles. The van der Waals surface area contributed by atoms with E-state index in [2.05, 4.69) is 27.5 Å². The summed E-state index contributed by atoms with van der Waals surface area (Å²) in [6.07, 6.45) is 0.577. The summed E-state index contributed by atoms with van der Waals surface area (Å²) in [5.41, 5.74) is 2.05. The van der Waals surface area contributed by atoms with Gasteiger partial charge in [0.2, 0.25) is 0 Å². The first-order chi connectivity index (χ1) is 14.0. The van der Waals surface area contributed by atoms with E-state index in [9.17, 15) is 8.78 Å². The fraction of sp³-hybridized carbons (Fsp3) is 0.600. The van der Waals surface area contributed by atoms with Gasteiger partial charge in [0.25, 0.3) is 6.43 Å². The van der Waals surface area contributed by atoms with Crippen LogP contribution in [-0.2, 0) is 20.1 Å². The lowest BCUT2D eigenvalue weighted by Crippen LogP contribution is -2.40. The maximum atomic E-state index is 13.3. The Labute approximate surface area is 174 Å². The Bertz CT molecular complexity index is 875. The Morgan fingerprint density at radius 3 is 2.93 bits per heavy atom. The van der Waals surface area contributed by atoms with Gasteiger partial charge in [-0.3, -0.25) is 4.90 Å². The highest BCUT2D eigenvalue weighted by molar-refractivity contribution is 6.31. The van der Waals surface area contributed by atoms with Crippen molar-refractivity contribution < 1.29 is 13.5 Å².